The fraction of sp³-hybridized carbons (Fsp3) is 0.176. The summed E-state index contributed by atoms with van der Waals surface area (Å²) in [5.74, 6) is 5.26. The first kappa shape index (κ1) is 15.9. The monoisotopic (exact) mass is 305 g/mol. The molecule has 2 nitrogen and oxygen atoms in total. The van der Waals surface area contributed by atoms with Gasteiger partial charge in [-0.15, -0.1) is 0 Å². The molecule has 0 heterocycles. The van der Waals surface area contributed by atoms with E-state index in [0.717, 1.165) is 0 Å². The van der Waals surface area contributed by atoms with E-state index in [2.05, 4.69) is 11.8 Å². The first-order valence-corrected chi connectivity index (χ1v) is 6.45. The Morgan fingerprint density at radius 1 is 0.955 bits per heavy atom. The average Bonchev–Trinajstić information content (AvgIpc) is 2.53. The summed E-state index contributed by atoms with van der Waals surface area (Å²) in [5, 5.41) is 0. The van der Waals surface area contributed by atoms with Gasteiger partial charge in [0.1, 0.15) is 5.75 Å². The zero-order valence-electron chi connectivity index (χ0n) is 11.8. The SMILES string of the molecule is COc1ccc(C#CC(N)(c2ccccc2)C(F)(F)F)cc1. The number of methoxy groups -OCH3 is 1. The van der Waals surface area contributed by atoms with Gasteiger partial charge in [-0.05, 0) is 29.8 Å². The molecule has 2 N–H and O–H groups in total. The molecule has 5 heteroatoms. The fourth-order valence-corrected chi connectivity index (χ4v) is 1.85. The molecule has 0 fully saturated rings. The summed E-state index contributed by atoms with van der Waals surface area (Å²) >= 11 is 0. The molecule has 0 aliphatic heterocycles. The Bertz CT molecular complexity index is 684. The number of alkyl halides is 3. The molecule has 0 radical (unpaired) electrons. The summed E-state index contributed by atoms with van der Waals surface area (Å²) < 4.78 is 45.1. The maximum atomic E-state index is 13.4. The van der Waals surface area contributed by atoms with Crippen LogP contribution in [0.5, 0.6) is 5.75 Å². The van der Waals surface area contributed by atoms with Gasteiger partial charge in [0.15, 0.2) is 5.54 Å². The molecule has 22 heavy (non-hydrogen) atoms. The van der Waals surface area contributed by atoms with E-state index in [1.54, 1.807) is 30.3 Å². The Morgan fingerprint density at radius 2 is 1.55 bits per heavy atom. The zero-order chi connectivity index (χ0) is 16.2. The standard InChI is InChI=1S/C17H14F3NO/c1-22-15-9-7-13(8-10-15)11-12-16(21,17(18,19)20)14-5-3-2-4-6-14/h2-10H,21H2,1H3. The van der Waals surface area contributed by atoms with Gasteiger partial charge >= 0.3 is 6.18 Å². The highest BCUT2D eigenvalue weighted by molar-refractivity contribution is 5.44. The van der Waals surface area contributed by atoms with Crippen LogP contribution in [0.2, 0.25) is 0 Å². The maximum Gasteiger partial charge on any atom is 0.422 e. The van der Waals surface area contributed by atoms with Crippen LogP contribution in [0.15, 0.2) is 54.6 Å². The summed E-state index contributed by atoms with van der Waals surface area (Å²) in [6.07, 6.45) is -4.69. The molecule has 0 aliphatic carbocycles. The third kappa shape index (κ3) is 3.23. The van der Waals surface area contributed by atoms with Crippen molar-refractivity contribution in [3.8, 4) is 17.6 Å². The molecule has 2 aromatic rings. The summed E-state index contributed by atoms with van der Waals surface area (Å²) in [6.45, 7) is 0. The second-order valence-electron chi connectivity index (χ2n) is 4.65. The zero-order valence-corrected chi connectivity index (χ0v) is 11.8. The lowest BCUT2D eigenvalue weighted by Crippen LogP contribution is -2.49. The highest BCUT2D eigenvalue weighted by atomic mass is 19.4. The second-order valence-corrected chi connectivity index (χ2v) is 4.65. The molecule has 0 aliphatic rings. The lowest BCUT2D eigenvalue weighted by atomic mass is 9.90. The quantitative estimate of drug-likeness (QED) is 0.862. The van der Waals surface area contributed by atoms with Crippen LogP contribution in [0.4, 0.5) is 13.2 Å². The van der Waals surface area contributed by atoms with E-state index in [1.165, 1.54) is 31.4 Å². The third-order valence-electron chi connectivity index (χ3n) is 3.17. The van der Waals surface area contributed by atoms with Crippen molar-refractivity contribution in [3.05, 3.63) is 65.7 Å². The van der Waals surface area contributed by atoms with E-state index in [9.17, 15) is 13.2 Å². The van der Waals surface area contributed by atoms with Gasteiger partial charge in [0, 0.05) is 5.56 Å². The molecule has 0 spiro atoms. The van der Waals surface area contributed by atoms with Crippen LogP contribution in [-0.2, 0) is 5.54 Å². The second kappa shape index (κ2) is 6.12. The minimum atomic E-state index is -4.69. The van der Waals surface area contributed by atoms with Gasteiger partial charge in [-0.25, -0.2) is 0 Å². The Hall–Kier alpha value is -2.45. The van der Waals surface area contributed by atoms with Gasteiger partial charge in [-0.1, -0.05) is 42.2 Å². The lowest BCUT2D eigenvalue weighted by molar-refractivity contribution is -0.171. The largest absolute Gasteiger partial charge is 0.497 e. The predicted octanol–water partition coefficient (Wildman–Crippen LogP) is 3.46. The molecular weight excluding hydrogens is 291 g/mol. The van der Waals surface area contributed by atoms with Gasteiger partial charge in [0.2, 0.25) is 0 Å². The topological polar surface area (TPSA) is 35.2 Å². The van der Waals surface area contributed by atoms with Gasteiger partial charge in [-0.3, -0.25) is 0 Å². The highest BCUT2D eigenvalue weighted by Gasteiger charge is 2.52. The molecule has 1 atom stereocenters. The smallest absolute Gasteiger partial charge is 0.422 e. The molecule has 0 aromatic heterocycles. The van der Waals surface area contributed by atoms with Crippen LogP contribution >= 0.6 is 0 Å². The van der Waals surface area contributed by atoms with Crippen LogP contribution in [-0.4, -0.2) is 13.3 Å². The van der Waals surface area contributed by atoms with Crippen molar-refractivity contribution in [1.29, 1.82) is 0 Å². The summed E-state index contributed by atoms with van der Waals surface area (Å²) in [5.41, 5.74) is 3.20. The number of nitrogens with two attached hydrogens (primary N) is 1. The van der Waals surface area contributed by atoms with E-state index in [0.29, 0.717) is 11.3 Å². The molecule has 0 amide bonds. The average molecular weight is 305 g/mol. The van der Waals surface area contributed by atoms with Crippen LogP contribution in [0.25, 0.3) is 0 Å². The Kier molecular flexibility index (Phi) is 4.43. The van der Waals surface area contributed by atoms with Crippen molar-refractivity contribution in [2.45, 2.75) is 11.7 Å². The van der Waals surface area contributed by atoms with Crippen molar-refractivity contribution >= 4 is 0 Å². The highest BCUT2D eigenvalue weighted by Crippen LogP contribution is 2.36. The van der Waals surface area contributed by atoms with Gasteiger partial charge in [0.05, 0.1) is 7.11 Å². The van der Waals surface area contributed by atoms with Crippen molar-refractivity contribution in [1.82, 2.24) is 0 Å². The van der Waals surface area contributed by atoms with Gasteiger partial charge in [-0.2, -0.15) is 13.2 Å². The Morgan fingerprint density at radius 3 is 2.05 bits per heavy atom. The van der Waals surface area contributed by atoms with Gasteiger partial charge < -0.3 is 10.5 Å². The van der Waals surface area contributed by atoms with Crippen LogP contribution in [0, 0.1) is 11.8 Å². The third-order valence-corrected chi connectivity index (χ3v) is 3.17. The minimum Gasteiger partial charge on any atom is -0.497 e. The van der Waals surface area contributed by atoms with Crippen LogP contribution in [0.1, 0.15) is 11.1 Å². The molecule has 0 saturated heterocycles. The van der Waals surface area contributed by atoms with Crippen molar-refractivity contribution in [3.63, 3.8) is 0 Å². The number of hydrogen-bond donors (Lipinski definition) is 1. The summed E-state index contributed by atoms with van der Waals surface area (Å²) in [6, 6.07) is 13.6. The number of ether oxygens (including phenoxy) is 1. The molecule has 0 saturated carbocycles. The molecule has 0 bridgehead atoms. The van der Waals surface area contributed by atoms with Crippen LogP contribution < -0.4 is 10.5 Å². The normalized spacial score (nSPS) is 13.7. The van der Waals surface area contributed by atoms with E-state index >= 15 is 0 Å². The van der Waals surface area contributed by atoms with E-state index in [4.69, 9.17) is 10.5 Å². The predicted molar refractivity (Wildman–Crippen MR) is 78.2 cm³/mol. The van der Waals surface area contributed by atoms with E-state index < -0.39 is 11.7 Å². The number of halogens is 3. The molecular formula is C17H14F3NO. The summed E-state index contributed by atoms with van der Waals surface area (Å²) in [4.78, 5) is 0. The molecule has 2 rings (SSSR count). The van der Waals surface area contributed by atoms with Gasteiger partial charge in [0.25, 0.3) is 0 Å². The molecule has 2 aromatic carbocycles. The lowest BCUT2D eigenvalue weighted by Gasteiger charge is -2.26. The maximum absolute atomic E-state index is 13.4. The van der Waals surface area contributed by atoms with Crippen molar-refractivity contribution in [2.75, 3.05) is 7.11 Å². The minimum absolute atomic E-state index is 0.0940. The first-order valence-electron chi connectivity index (χ1n) is 6.45. The van der Waals surface area contributed by atoms with E-state index in [1.807, 2.05) is 0 Å². The Labute approximate surface area is 126 Å². The number of benzene rings is 2. The molecule has 114 valence electrons. The number of hydrogen-bond acceptors (Lipinski definition) is 2. The Balaban J connectivity index is 2.42. The first-order chi connectivity index (χ1) is 10.4. The van der Waals surface area contributed by atoms with Crippen molar-refractivity contribution < 1.29 is 17.9 Å². The number of rotatable bonds is 2. The fourth-order valence-electron chi connectivity index (χ4n) is 1.85. The van der Waals surface area contributed by atoms with Crippen LogP contribution in [0.3, 0.4) is 0 Å². The van der Waals surface area contributed by atoms with E-state index in [-0.39, 0.29) is 5.56 Å². The van der Waals surface area contributed by atoms with Crippen molar-refractivity contribution in [2.24, 2.45) is 5.73 Å². The molecule has 1 unspecified atom stereocenters. The summed E-state index contributed by atoms with van der Waals surface area (Å²) in [7, 11) is 1.50.